The van der Waals surface area contributed by atoms with Crippen molar-refractivity contribution in [1.82, 2.24) is 5.32 Å². The number of benzene rings is 1. The molecule has 1 rings (SSSR count). The normalized spacial score (nSPS) is 13.7. The number of carbonyl (C=O) groups is 1. The Morgan fingerprint density at radius 1 is 1.47 bits per heavy atom. The Balaban J connectivity index is 2.38. The van der Waals surface area contributed by atoms with Gasteiger partial charge in [0.15, 0.2) is 11.6 Å². The summed E-state index contributed by atoms with van der Waals surface area (Å²) in [6.45, 7) is 4.03. The van der Waals surface area contributed by atoms with Gasteiger partial charge in [-0.15, -0.1) is 0 Å². The molecule has 0 aromatic heterocycles. The van der Waals surface area contributed by atoms with Crippen molar-refractivity contribution in [2.24, 2.45) is 5.73 Å². The summed E-state index contributed by atoms with van der Waals surface area (Å²) in [5.41, 5.74) is 5.68. The molecule has 0 spiro atoms. The third kappa shape index (κ3) is 5.26. The molecule has 0 aliphatic carbocycles. The van der Waals surface area contributed by atoms with Gasteiger partial charge in [0, 0.05) is 0 Å². The zero-order valence-electron chi connectivity index (χ0n) is 11.4. The van der Waals surface area contributed by atoms with Crippen molar-refractivity contribution < 1.29 is 13.9 Å². The van der Waals surface area contributed by atoms with E-state index in [0.717, 1.165) is 6.42 Å². The summed E-state index contributed by atoms with van der Waals surface area (Å²) in [4.78, 5) is 11.6. The van der Waals surface area contributed by atoms with Crippen molar-refractivity contribution in [3.63, 3.8) is 0 Å². The van der Waals surface area contributed by atoms with Gasteiger partial charge < -0.3 is 15.8 Å². The Kier molecular flexibility index (Phi) is 6.29. The average Bonchev–Trinajstić information content (AvgIpc) is 2.39. The van der Waals surface area contributed by atoms with Crippen LogP contribution in [0.1, 0.15) is 26.7 Å². The monoisotopic (exact) mass is 268 g/mol. The molecule has 3 N–H and O–H groups in total. The summed E-state index contributed by atoms with van der Waals surface area (Å²) in [5.74, 6) is -0.434. The summed E-state index contributed by atoms with van der Waals surface area (Å²) in [5, 5.41) is 2.70. The highest BCUT2D eigenvalue weighted by atomic mass is 19.1. The third-order valence-corrected chi connectivity index (χ3v) is 2.67. The van der Waals surface area contributed by atoms with E-state index in [1.165, 1.54) is 6.07 Å². The van der Waals surface area contributed by atoms with Crippen molar-refractivity contribution in [3.05, 3.63) is 30.1 Å². The van der Waals surface area contributed by atoms with Gasteiger partial charge >= 0.3 is 0 Å². The smallest absolute Gasteiger partial charge is 0.237 e. The molecule has 2 unspecified atom stereocenters. The second kappa shape index (κ2) is 7.74. The predicted molar refractivity (Wildman–Crippen MR) is 72.4 cm³/mol. The quantitative estimate of drug-likeness (QED) is 0.793. The Bertz CT molecular complexity index is 412. The van der Waals surface area contributed by atoms with E-state index in [9.17, 15) is 9.18 Å². The van der Waals surface area contributed by atoms with Gasteiger partial charge in [-0.3, -0.25) is 4.79 Å². The number of nitrogens with two attached hydrogens (primary N) is 1. The van der Waals surface area contributed by atoms with E-state index in [-0.39, 0.29) is 17.8 Å². The fraction of sp³-hybridized carbons (Fsp3) is 0.500. The molecule has 0 radical (unpaired) electrons. The van der Waals surface area contributed by atoms with E-state index in [4.69, 9.17) is 10.5 Å². The molecule has 0 bridgehead atoms. The molecule has 1 aromatic rings. The molecule has 4 nitrogen and oxygen atoms in total. The fourth-order valence-electron chi connectivity index (χ4n) is 1.62. The molecule has 0 saturated carbocycles. The number of ether oxygens (including phenoxy) is 1. The van der Waals surface area contributed by atoms with E-state index in [1.807, 2.05) is 6.92 Å². The van der Waals surface area contributed by atoms with E-state index in [0.29, 0.717) is 13.0 Å². The second-order valence-electron chi connectivity index (χ2n) is 4.50. The van der Waals surface area contributed by atoms with Crippen LogP contribution in [0.25, 0.3) is 0 Å². The van der Waals surface area contributed by atoms with E-state index < -0.39 is 11.9 Å². The SMILES string of the molecule is CCCC(N)C(=O)NCC(C)Oc1ccccc1F. The Hall–Kier alpha value is -1.62. The lowest BCUT2D eigenvalue weighted by Crippen LogP contribution is -2.43. The van der Waals surface area contributed by atoms with Crippen molar-refractivity contribution in [1.29, 1.82) is 0 Å². The number of carbonyl (C=O) groups excluding carboxylic acids is 1. The molecule has 0 heterocycles. The van der Waals surface area contributed by atoms with Crippen LogP contribution in [0, 0.1) is 5.82 Å². The van der Waals surface area contributed by atoms with Gasteiger partial charge in [0.25, 0.3) is 0 Å². The van der Waals surface area contributed by atoms with Crippen LogP contribution in [0.4, 0.5) is 4.39 Å². The van der Waals surface area contributed by atoms with Crippen molar-refractivity contribution in [3.8, 4) is 5.75 Å². The van der Waals surface area contributed by atoms with E-state index in [1.54, 1.807) is 25.1 Å². The molecule has 5 heteroatoms. The lowest BCUT2D eigenvalue weighted by Gasteiger charge is -2.17. The molecule has 106 valence electrons. The number of hydrogen-bond acceptors (Lipinski definition) is 3. The molecule has 19 heavy (non-hydrogen) atoms. The van der Waals surface area contributed by atoms with Crippen LogP contribution in [0.5, 0.6) is 5.75 Å². The molecule has 1 aromatic carbocycles. The van der Waals surface area contributed by atoms with Crippen molar-refractivity contribution in [2.45, 2.75) is 38.8 Å². The molecule has 0 aliphatic rings. The molecular weight excluding hydrogens is 247 g/mol. The fourth-order valence-corrected chi connectivity index (χ4v) is 1.62. The van der Waals surface area contributed by atoms with Crippen LogP contribution >= 0.6 is 0 Å². The number of hydrogen-bond donors (Lipinski definition) is 2. The van der Waals surface area contributed by atoms with E-state index in [2.05, 4.69) is 5.32 Å². The lowest BCUT2D eigenvalue weighted by atomic mass is 10.1. The van der Waals surface area contributed by atoms with Crippen molar-refractivity contribution >= 4 is 5.91 Å². The van der Waals surface area contributed by atoms with E-state index >= 15 is 0 Å². The molecule has 2 atom stereocenters. The van der Waals surface area contributed by atoms with Crippen molar-refractivity contribution in [2.75, 3.05) is 6.54 Å². The minimum atomic E-state index is -0.495. The van der Waals surface area contributed by atoms with Crippen LogP contribution < -0.4 is 15.8 Å². The van der Waals surface area contributed by atoms with Crippen LogP contribution in [0.2, 0.25) is 0 Å². The molecule has 0 aliphatic heterocycles. The Morgan fingerprint density at radius 2 is 2.16 bits per heavy atom. The van der Waals surface area contributed by atoms with Gasteiger partial charge in [-0.05, 0) is 25.5 Å². The highest BCUT2D eigenvalue weighted by molar-refractivity contribution is 5.81. The van der Waals surface area contributed by atoms with Gasteiger partial charge in [0.2, 0.25) is 5.91 Å². The van der Waals surface area contributed by atoms with Gasteiger partial charge in [0.1, 0.15) is 6.10 Å². The Morgan fingerprint density at radius 3 is 2.79 bits per heavy atom. The molecule has 0 saturated heterocycles. The summed E-state index contributed by atoms with van der Waals surface area (Å²) < 4.78 is 18.7. The minimum Gasteiger partial charge on any atom is -0.486 e. The summed E-state index contributed by atoms with van der Waals surface area (Å²) >= 11 is 0. The molecule has 0 fully saturated rings. The van der Waals surface area contributed by atoms with Gasteiger partial charge in [0.05, 0.1) is 12.6 Å². The van der Waals surface area contributed by atoms with Crippen LogP contribution in [-0.2, 0) is 4.79 Å². The number of amides is 1. The Labute approximate surface area is 113 Å². The lowest BCUT2D eigenvalue weighted by molar-refractivity contribution is -0.122. The molecule has 1 amide bonds. The average molecular weight is 268 g/mol. The van der Waals surface area contributed by atoms with Gasteiger partial charge in [-0.1, -0.05) is 25.5 Å². The number of para-hydroxylation sites is 1. The number of nitrogens with one attached hydrogen (secondary N) is 1. The maximum Gasteiger partial charge on any atom is 0.237 e. The zero-order chi connectivity index (χ0) is 14.3. The zero-order valence-corrected chi connectivity index (χ0v) is 11.4. The summed E-state index contributed by atoms with van der Waals surface area (Å²) in [7, 11) is 0. The highest BCUT2D eigenvalue weighted by Crippen LogP contribution is 2.16. The van der Waals surface area contributed by atoms with Crippen LogP contribution in [-0.4, -0.2) is 24.6 Å². The first-order chi connectivity index (χ1) is 9.04. The number of rotatable bonds is 7. The summed E-state index contributed by atoms with van der Waals surface area (Å²) in [6, 6.07) is 5.68. The van der Waals surface area contributed by atoms with Gasteiger partial charge in [-0.25, -0.2) is 4.39 Å². The largest absolute Gasteiger partial charge is 0.486 e. The first kappa shape index (κ1) is 15.4. The minimum absolute atomic E-state index is 0.183. The van der Waals surface area contributed by atoms with Crippen LogP contribution in [0.3, 0.4) is 0 Å². The first-order valence-electron chi connectivity index (χ1n) is 6.49. The number of halogens is 1. The first-order valence-corrected chi connectivity index (χ1v) is 6.49. The molecular formula is C14H21FN2O2. The third-order valence-electron chi connectivity index (χ3n) is 2.67. The standard InChI is InChI=1S/C14H21FN2O2/c1-3-6-12(16)14(18)17-9-10(2)19-13-8-5-4-7-11(13)15/h4-5,7-8,10,12H,3,6,9,16H2,1-2H3,(H,17,18). The topological polar surface area (TPSA) is 64.4 Å². The second-order valence-corrected chi connectivity index (χ2v) is 4.50. The predicted octanol–water partition coefficient (Wildman–Crippen LogP) is 1.84. The van der Waals surface area contributed by atoms with Crippen LogP contribution in [0.15, 0.2) is 24.3 Å². The summed E-state index contributed by atoms with van der Waals surface area (Å²) in [6.07, 6.45) is 1.18. The maximum absolute atomic E-state index is 13.3. The highest BCUT2D eigenvalue weighted by Gasteiger charge is 2.14. The maximum atomic E-state index is 13.3. The van der Waals surface area contributed by atoms with Gasteiger partial charge in [-0.2, -0.15) is 0 Å².